The van der Waals surface area contributed by atoms with Crippen molar-refractivity contribution in [3.63, 3.8) is 0 Å². The van der Waals surface area contributed by atoms with Crippen LogP contribution in [0.15, 0.2) is 264 Å². The molecule has 6 heteroatoms. The van der Waals surface area contributed by atoms with Crippen molar-refractivity contribution in [3.05, 3.63) is 255 Å². The van der Waals surface area contributed by atoms with Gasteiger partial charge in [0.05, 0.1) is 0 Å². The third-order valence-electron chi connectivity index (χ3n) is 13.0. The highest BCUT2D eigenvalue weighted by molar-refractivity contribution is 6.19. The van der Waals surface area contributed by atoms with E-state index in [1.807, 2.05) is 42.5 Å². The molecule has 0 saturated carbocycles. The second kappa shape index (κ2) is 16.8. The molecule has 0 saturated heterocycles. The average molecular weight is 887 g/mol. The summed E-state index contributed by atoms with van der Waals surface area (Å²) in [4.78, 5) is 11.9. The summed E-state index contributed by atoms with van der Waals surface area (Å²) in [5.41, 5.74) is 13.4. The van der Waals surface area contributed by atoms with Crippen molar-refractivity contribution < 1.29 is 8.83 Å². The Bertz CT molecular complexity index is 3940. The molecule has 0 aliphatic carbocycles. The van der Waals surface area contributed by atoms with Gasteiger partial charge in [-0.3, -0.25) is 0 Å². The number of hydrogen-bond donors (Lipinski definition) is 0. The van der Waals surface area contributed by atoms with Crippen LogP contribution in [-0.4, -0.2) is 4.98 Å². The molecule has 0 aliphatic rings. The van der Waals surface area contributed by atoms with E-state index in [-0.39, 0.29) is 0 Å². The van der Waals surface area contributed by atoms with E-state index in [0.717, 1.165) is 111 Å². The topological polar surface area (TPSA) is 48.9 Å². The maximum absolute atomic E-state index is 6.65. The molecule has 0 aliphatic heterocycles. The van der Waals surface area contributed by atoms with Crippen molar-refractivity contribution in [2.24, 2.45) is 0 Å². The minimum atomic E-state index is 0.608. The van der Waals surface area contributed by atoms with Gasteiger partial charge in [0.1, 0.15) is 16.7 Å². The highest BCUT2D eigenvalue weighted by Gasteiger charge is 2.22. The molecular formula is C63H42N4O2. The van der Waals surface area contributed by atoms with Crippen LogP contribution in [0.5, 0.6) is 0 Å². The van der Waals surface area contributed by atoms with Gasteiger partial charge in [0.25, 0.3) is 0 Å². The standard InChI is InChI=1S/C63H42N4O2/c1-5-17-45(18-6-1)63-64-58-38-34-44-32-31-43-33-35-53(41-57(43)61(44)62(58)69-63)66(48-23-11-4-12-24-48)50-26-16-28-52(40-50)67(54-36-37-56-55-29-13-14-30-59(55)68-60(56)42-54)51-27-15-25-49(39-51)65(46-19-7-2-8-20-46)47-21-9-3-10-22-47/h1-42H. The molecule has 0 amide bonds. The first-order chi connectivity index (χ1) is 34.2. The average Bonchev–Trinajstić information content (AvgIpc) is 4.02. The van der Waals surface area contributed by atoms with Crippen LogP contribution in [0, 0.1) is 0 Å². The van der Waals surface area contributed by atoms with Gasteiger partial charge in [-0.1, -0.05) is 127 Å². The lowest BCUT2D eigenvalue weighted by Gasteiger charge is -2.31. The molecule has 0 unspecified atom stereocenters. The molecular weight excluding hydrogens is 845 g/mol. The van der Waals surface area contributed by atoms with Gasteiger partial charge in [-0.25, -0.2) is 4.98 Å². The van der Waals surface area contributed by atoms with E-state index in [0.29, 0.717) is 5.89 Å². The number of benzene rings is 11. The number of nitrogens with zero attached hydrogens (tertiary/aromatic N) is 4. The van der Waals surface area contributed by atoms with E-state index in [4.69, 9.17) is 13.8 Å². The molecule has 2 aromatic heterocycles. The molecule has 69 heavy (non-hydrogen) atoms. The first kappa shape index (κ1) is 39.9. The number of fused-ring (bicyclic) bond motifs is 8. The van der Waals surface area contributed by atoms with E-state index < -0.39 is 0 Å². The molecule has 0 spiro atoms. The minimum absolute atomic E-state index is 0.608. The van der Waals surface area contributed by atoms with Crippen LogP contribution in [0.2, 0.25) is 0 Å². The summed E-state index contributed by atoms with van der Waals surface area (Å²) >= 11 is 0. The number of rotatable bonds is 10. The van der Waals surface area contributed by atoms with Crippen molar-refractivity contribution in [1.29, 1.82) is 0 Å². The van der Waals surface area contributed by atoms with Gasteiger partial charge in [0.15, 0.2) is 5.58 Å². The van der Waals surface area contributed by atoms with Crippen molar-refractivity contribution in [2.45, 2.75) is 0 Å². The van der Waals surface area contributed by atoms with Crippen molar-refractivity contribution >= 4 is 106 Å². The minimum Gasteiger partial charge on any atom is -0.456 e. The first-order valence-corrected chi connectivity index (χ1v) is 23.2. The molecule has 11 aromatic carbocycles. The Morgan fingerprint density at radius 3 is 1.38 bits per heavy atom. The Kier molecular flexibility index (Phi) is 9.72. The smallest absolute Gasteiger partial charge is 0.227 e. The zero-order valence-corrected chi connectivity index (χ0v) is 37.4. The summed E-state index contributed by atoms with van der Waals surface area (Å²) in [6, 6.07) is 89.4. The molecule has 0 radical (unpaired) electrons. The Morgan fingerprint density at radius 2 is 0.739 bits per heavy atom. The lowest BCUT2D eigenvalue weighted by Crippen LogP contribution is -2.14. The van der Waals surface area contributed by atoms with Crippen LogP contribution in [-0.2, 0) is 0 Å². The van der Waals surface area contributed by atoms with Gasteiger partial charge in [-0.05, 0) is 137 Å². The van der Waals surface area contributed by atoms with Crippen LogP contribution < -0.4 is 14.7 Å². The zero-order valence-electron chi connectivity index (χ0n) is 37.4. The van der Waals surface area contributed by atoms with Gasteiger partial charge >= 0.3 is 0 Å². The fourth-order valence-corrected chi connectivity index (χ4v) is 9.82. The maximum atomic E-state index is 6.65. The van der Waals surface area contributed by atoms with Gasteiger partial charge < -0.3 is 23.5 Å². The predicted octanol–water partition coefficient (Wildman–Crippen LogP) is 18.1. The van der Waals surface area contributed by atoms with E-state index in [9.17, 15) is 0 Å². The Labute approximate surface area is 398 Å². The van der Waals surface area contributed by atoms with Crippen molar-refractivity contribution in [1.82, 2.24) is 4.98 Å². The van der Waals surface area contributed by atoms with E-state index in [1.165, 1.54) is 0 Å². The normalized spacial score (nSPS) is 11.5. The lowest BCUT2D eigenvalue weighted by atomic mass is 10.00. The van der Waals surface area contributed by atoms with E-state index in [1.54, 1.807) is 0 Å². The second-order valence-electron chi connectivity index (χ2n) is 17.2. The molecule has 13 aromatic rings. The van der Waals surface area contributed by atoms with Crippen LogP contribution >= 0.6 is 0 Å². The van der Waals surface area contributed by atoms with Crippen LogP contribution in [0.4, 0.5) is 51.2 Å². The van der Waals surface area contributed by atoms with Crippen molar-refractivity contribution in [3.8, 4) is 11.5 Å². The molecule has 13 rings (SSSR count). The number of oxazole rings is 1. The number of anilines is 9. The number of furan rings is 1. The largest absolute Gasteiger partial charge is 0.456 e. The monoisotopic (exact) mass is 886 g/mol. The number of aromatic nitrogens is 1. The first-order valence-electron chi connectivity index (χ1n) is 23.2. The molecule has 0 fully saturated rings. The molecule has 6 nitrogen and oxygen atoms in total. The second-order valence-corrected chi connectivity index (χ2v) is 17.2. The molecule has 0 atom stereocenters. The highest BCUT2D eigenvalue weighted by atomic mass is 16.3. The van der Waals surface area contributed by atoms with E-state index >= 15 is 0 Å². The van der Waals surface area contributed by atoms with Gasteiger partial charge in [-0.15, -0.1) is 0 Å². The Balaban J connectivity index is 0.989. The third kappa shape index (κ3) is 7.19. The highest BCUT2D eigenvalue weighted by Crippen LogP contribution is 2.45. The molecule has 0 N–H and O–H groups in total. The Hall–Kier alpha value is -9.39. The van der Waals surface area contributed by atoms with E-state index in [2.05, 4.69) is 227 Å². The van der Waals surface area contributed by atoms with Crippen LogP contribution in [0.1, 0.15) is 0 Å². The molecule has 0 bridgehead atoms. The predicted molar refractivity (Wildman–Crippen MR) is 286 cm³/mol. The van der Waals surface area contributed by atoms with Crippen LogP contribution in [0.25, 0.3) is 66.0 Å². The summed E-state index contributed by atoms with van der Waals surface area (Å²) in [6.07, 6.45) is 0. The summed E-state index contributed by atoms with van der Waals surface area (Å²) in [5.74, 6) is 0.608. The summed E-state index contributed by atoms with van der Waals surface area (Å²) in [6.45, 7) is 0. The van der Waals surface area contributed by atoms with Gasteiger partial charge in [0.2, 0.25) is 5.89 Å². The van der Waals surface area contributed by atoms with Crippen LogP contribution in [0.3, 0.4) is 0 Å². The third-order valence-corrected chi connectivity index (χ3v) is 13.0. The summed E-state index contributed by atoms with van der Waals surface area (Å²) in [5, 5.41) is 6.50. The molecule has 326 valence electrons. The summed E-state index contributed by atoms with van der Waals surface area (Å²) < 4.78 is 13.2. The summed E-state index contributed by atoms with van der Waals surface area (Å²) in [7, 11) is 0. The molecule has 2 heterocycles. The zero-order chi connectivity index (χ0) is 45.7. The number of hydrogen-bond acceptors (Lipinski definition) is 6. The van der Waals surface area contributed by atoms with Crippen molar-refractivity contribution in [2.75, 3.05) is 14.7 Å². The Morgan fingerprint density at radius 1 is 0.290 bits per heavy atom. The fraction of sp³-hybridized carbons (Fsp3) is 0. The van der Waals surface area contributed by atoms with Gasteiger partial charge in [-0.2, -0.15) is 0 Å². The SMILES string of the molecule is c1ccc(-c2nc3ccc4ccc5ccc(N(c6ccccc6)c6cccc(N(c7cccc(N(c8ccccc8)c8ccccc8)c7)c7ccc8c(c7)oc7ccccc78)c6)cc5c4c3o2)cc1. The quantitative estimate of drug-likeness (QED) is 0.128. The fourth-order valence-electron chi connectivity index (χ4n) is 9.82. The van der Waals surface area contributed by atoms with Gasteiger partial charge in [0, 0.05) is 79.0 Å². The lowest BCUT2D eigenvalue weighted by molar-refractivity contribution is 0.623. The number of para-hydroxylation sites is 4. The maximum Gasteiger partial charge on any atom is 0.227 e.